The van der Waals surface area contributed by atoms with Gasteiger partial charge in [0.25, 0.3) is 0 Å². The van der Waals surface area contributed by atoms with Crippen molar-refractivity contribution in [3.8, 4) is 0 Å². The molecule has 0 radical (unpaired) electrons. The third kappa shape index (κ3) is 22.8. The molecule has 0 spiro atoms. The molecule has 0 heterocycles. The first-order chi connectivity index (χ1) is 13.7. The number of rotatable bonds is 21. The highest BCUT2D eigenvalue weighted by Crippen LogP contribution is 2.14. The molecule has 0 saturated heterocycles. The van der Waals surface area contributed by atoms with Gasteiger partial charge in [0.15, 0.2) is 0 Å². The van der Waals surface area contributed by atoms with Crippen LogP contribution in [0, 0.1) is 0 Å². The van der Waals surface area contributed by atoms with E-state index in [9.17, 15) is 0 Å². The molecule has 0 aliphatic heterocycles. The molecule has 0 fully saturated rings. The Kier molecular flexibility index (Phi) is 26.7. The molecule has 0 amide bonds. The summed E-state index contributed by atoms with van der Waals surface area (Å²) in [5, 5.41) is 0. The molecule has 4 heteroatoms. The second kappa shape index (κ2) is 24.6. The van der Waals surface area contributed by atoms with E-state index in [0.717, 1.165) is 17.6 Å². The van der Waals surface area contributed by atoms with Crippen molar-refractivity contribution in [3.63, 3.8) is 0 Å². The van der Waals surface area contributed by atoms with E-state index in [0.29, 0.717) is 0 Å². The van der Waals surface area contributed by atoms with Gasteiger partial charge in [0.1, 0.15) is 0 Å². The number of nitrogens with zero attached hydrogens (tertiary/aromatic N) is 1. The van der Waals surface area contributed by atoms with Crippen molar-refractivity contribution >= 4 is 23.2 Å². The number of quaternary nitrogens is 1. The van der Waals surface area contributed by atoms with Gasteiger partial charge in [-0.2, -0.15) is 0 Å². The van der Waals surface area contributed by atoms with Crippen molar-refractivity contribution in [2.45, 2.75) is 110 Å². The largest absolute Gasteiger partial charge is 1.00 e. The standard InChI is InChI=1S/C25H48Cl2N.ClH/c1-3-4-5-6-7-8-9-10-11-12-13-14-15-16-17-18-23-28(2,24-19-21-26)25-20-22-27;/h19-22H,3-18,23-25H2,1-2H3;1H/q+1;/p-1/b21-19+,22-20+;. The third-order valence-corrected chi connectivity index (χ3v) is 6.18. The predicted molar refractivity (Wildman–Crippen MR) is 130 cm³/mol. The Morgan fingerprint density at radius 2 is 0.862 bits per heavy atom. The van der Waals surface area contributed by atoms with Crippen molar-refractivity contribution in [2.75, 3.05) is 26.7 Å². The van der Waals surface area contributed by atoms with E-state index in [1.165, 1.54) is 109 Å². The minimum atomic E-state index is 0. The van der Waals surface area contributed by atoms with Crippen LogP contribution >= 0.6 is 23.2 Å². The second-order valence-corrected chi connectivity index (χ2v) is 9.24. The lowest BCUT2D eigenvalue weighted by Gasteiger charge is -2.32. The first-order valence-corrected chi connectivity index (χ1v) is 12.9. The fraction of sp³-hybridized carbons (Fsp3) is 0.840. The summed E-state index contributed by atoms with van der Waals surface area (Å²) < 4.78 is 0.991. The minimum Gasteiger partial charge on any atom is -1.00 e. The van der Waals surface area contributed by atoms with Crippen LogP contribution in [-0.4, -0.2) is 31.2 Å². The molecule has 0 unspecified atom stereocenters. The van der Waals surface area contributed by atoms with Gasteiger partial charge < -0.3 is 16.9 Å². The fourth-order valence-corrected chi connectivity index (χ4v) is 4.05. The normalized spacial score (nSPS) is 12.1. The van der Waals surface area contributed by atoms with E-state index in [1.54, 1.807) is 11.1 Å². The molecule has 29 heavy (non-hydrogen) atoms. The van der Waals surface area contributed by atoms with Gasteiger partial charge in [-0.25, -0.2) is 0 Å². The number of halogens is 3. The molecule has 0 bridgehead atoms. The maximum atomic E-state index is 5.71. The molecule has 0 aromatic heterocycles. The quantitative estimate of drug-likeness (QED) is 0.139. The lowest BCUT2D eigenvalue weighted by atomic mass is 10.0. The molecule has 0 N–H and O–H groups in total. The third-order valence-electron chi connectivity index (χ3n) is 5.82. The average molecular weight is 469 g/mol. The topological polar surface area (TPSA) is 0 Å². The molecule has 0 saturated carbocycles. The highest BCUT2D eigenvalue weighted by molar-refractivity contribution is 6.25. The summed E-state index contributed by atoms with van der Waals surface area (Å²) in [5.74, 6) is 0. The monoisotopic (exact) mass is 467 g/mol. The number of unbranched alkanes of at least 4 members (excludes halogenated alkanes) is 15. The Balaban J connectivity index is 0. The highest BCUT2D eigenvalue weighted by atomic mass is 35.5. The average Bonchev–Trinajstić information content (AvgIpc) is 2.70. The zero-order valence-corrected chi connectivity index (χ0v) is 21.6. The fourth-order valence-electron chi connectivity index (χ4n) is 3.89. The van der Waals surface area contributed by atoms with Gasteiger partial charge in [-0.05, 0) is 25.0 Å². The number of likely N-dealkylation sites (N-methyl/N-ethyl adjacent to an activating group) is 1. The number of hydrogen-bond acceptors (Lipinski definition) is 0. The zero-order valence-electron chi connectivity index (χ0n) is 19.3. The van der Waals surface area contributed by atoms with Gasteiger partial charge in [0, 0.05) is 11.1 Å². The molecule has 1 nitrogen and oxygen atoms in total. The van der Waals surface area contributed by atoms with Crippen LogP contribution in [0.2, 0.25) is 0 Å². The zero-order chi connectivity index (χ0) is 20.8. The lowest BCUT2D eigenvalue weighted by molar-refractivity contribution is -0.898. The smallest absolute Gasteiger partial charge is 0.0985 e. The van der Waals surface area contributed by atoms with Crippen LogP contribution < -0.4 is 12.4 Å². The van der Waals surface area contributed by atoms with Crippen LogP contribution in [0.3, 0.4) is 0 Å². The van der Waals surface area contributed by atoms with Crippen molar-refractivity contribution in [3.05, 3.63) is 23.2 Å². The summed E-state index contributed by atoms with van der Waals surface area (Å²) >= 11 is 11.4. The molecular formula is C25H48Cl3N. The SMILES string of the molecule is CCCCCCCCCCCCCCCCCC[N+](C)(C/C=C/Cl)C/C=C/Cl.[Cl-]. The van der Waals surface area contributed by atoms with Crippen molar-refractivity contribution in [2.24, 2.45) is 0 Å². The predicted octanol–water partition coefficient (Wildman–Crippen LogP) is 6.20. The van der Waals surface area contributed by atoms with E-state index in [2.05, 4.69) is 26.1 Å². The Morgan fingerprint density at radius 3 is 1.17 bits per heavy atom. The van der Waals surface area contributed by atoms with Gasteiger partial charge in [0.05, 0.1) is 26.7 Å². The maximum Gasteiger partial charge on any atom is 0.0985 e. The van der Waals surface area contributed by atoms with Crippen LogP contribution in [0.5, 0.6) is 0 Å². The number of hydrogen-bond donors (Lipinski definition) is 0. The first-order valence-electron chi connectivity index (χ1n) is 12.0. The Labute approximate surface area is 199 Å². The van der Waals surface area contributed by atoms with E-state index < -0.39 is 0 Å². The lowest BCUT2D eigenvalue weighted by Crippen LogP contribution is -3.00. The maximum absolute atomic E-state index is 5.71. The molecule has 0 atom stereocenters. The van der Waals surface area contributed by atoms with E-state index in [-0.39, 0.29) is 12.4 Å². The molecule has 0 aromatic carbocycles. The molecule has 0 aliphatic carbocycles. The second-order valence-electron chi connectivity index (χ2n) is 8.73. The summed E-state index contributed by atoms with van der Waals surface area (Å²) in [6.07, 6.45) is 26.8. The van der Waals surface area contributed by atoms with Crippen LogP contribution in [0.4, 0.5) is 0 Å². The molecular weight excluding hydrogens is 421 g/mol. The summed E-state index contributed by atoms with van der Waals surface area (Å²) in [5.41, 5.74) is 3.27. The molecule has 0 rings (SSSR count). The van der Waals surface area contributed by atoms with Gasteiger partial charge in [0.2, 0.25) is 0 Å². The van der Waals surface area contributed by atoms with Crippen molar-refractivity contribution < 1.29 is 16.9 Å². The molecule has 0 aliphatic rings. The molecule has 0 aromatic rings. The van der Waals surface area contributed by atoms with Crippen molar-refractivity contribution in [1.29, 1.82) is 0 Å². The van der Waals surface area contributed by atoms with Crippen LogP contribution in [-0.2, 0) is 0 Å². The van der Waals surface area contributed by atoms with Gasteiger partial charge in [-0.15, -0.1) is 0 Å². The van der Waals surface area contributed by atoms with Gasteiger partial charge in [-0.1, -0.05) is 120 Å². The van der Waals surface area contributed by atoms with E-state index in [1.807, 2.05) is 0 Å². The van der Waals surface area contributed by atoms with Crippen LogP contribution in [0.15, 0.2) is 23.2 Å². The summed E-state index contributed by atoms with van der Waals surface area (Å²) in [6.45, 7) is 5.44. The van der Waals surface area contributed by atoms with Gasteiger partial charge in [-0.3, -0.25) is 0 Å². The molecule has 174 valence electrons. The minimum absolute atomic E-state index is 0. The van der Waals surface area contributed by atoms with E-state index >= 15 is 0 Å². The summed E-state index contributed by atoms with van der Waals surface area (Å²) in [7, 11) is 2.29. The highest BCUT2D eigenvalue weighted by Gasteiger charge is 2.17. The Hall–Kier alpha value is 0.310. The van der Waals surface area contributed by atoms with Crippen LogP contribution in [0.25, 0.3) is 0 Å². The van der Waals surface area contributed by atoms with E-state index in [4.69, 9.17) is 23.2 Å². The van der Waals surface area contributed by atoms with Crippen LogP contribution in [0.1, 0.15) is 110 Å². The Bertz CT molecular complexity index is 355. The first kappa shape index (κ1) is 31.5. The summed E-state index contributed by atoms with van der Waals surface area (Å²) in [6, 6.07) is 0. The van der Waals surface area contributed by atoms with Gasteiger partial charge >= 0.3 is 0 Å². The Morgan fingerprint density at radius 1 is 0.552 bits per heavy atom. The van der Waals surface area contributed by atoms with Crippen molar-refractivity contribution in [1.82, 2.24) is 0 Å². The summed E-state index contributed by atoms with van der Waals surface area (Å²) in [4.78, 5) is 0.